The summed E-state index contributed by atoms with van der Waals surface area (Å²) in [5.41, 5.74) is -5.43. The van der Waals surface area contributed by atoms with Crippen LogP contribution in [0.25, 0.3) is 0 Å². The maximum Gasteiger partial charge on any atom is 0.579 e. The number of alkyl halides is 2. The van der Waals surface area contributed by atoms with Crippen molar-refractivity contribution in [1.82, 2.24) is 0 Å². The molecule has 22 heavy (non-hydrogen) atoms. The molecular formula is C13H17F5O3Si. The van der Waals surface area contributed by atoms with E-state index in [0.29, 0.717) is 12.1 Å². The highest BCUT2D eigenvalue weighted by atomic mass is 28.4. The molecule has 0 aromatic heterocycles. The standard InChI is InChI=1S/C13H17F5O3Si/c1-4-19-22(20-5-2,21-6-3)13(17,18)9-7-8-10(14)12(16)11(9)15/h7-8H,4-6H2,1-3H3. The number of hydrogen-bond donors (Lipinski definition) is 0. The highest BCUT2D eigenvalue weighted by molar-refractivity contribution is 6.63. The lowest BCUT2D eigenvalue weighted by atomic mass is 10.2. The second-order valence-corrected chi connectivity index (χ2v) is 6.76. The Morgan fingerprint density at radius 1 is 0.864 bits per heavy atom. The molecule has 126 valence electrons. The van der Waals surface area contributed by atoms with E-state index < -0.39 is 37.4 Å². The summed E-state index contributed by atoms with van der Waals surface area (Å²) in [7, 11) is -4.70. The Morgan fingerprint density at radius 2 is 1.32 bits per heavy atom. The van der Waals surface area contributed by atoms with Gasteiger partial charge in [0.2, 0.25) is 0 Å². The van der Waals surface area contributed by atoms with Crippen LogP contribution in [-0.2, 0) is 18.8 Å². The monoisotopic (exact) mass is 344 g/mol. The van der Waals surface area contributed by atoms with Crippen LogP contribution in [0.15, 0.2) is 12.1 Å². The molecule has 0 aliphatic rings. The number of hydrogen-bond acceptors (Lipinski definition) is 3. The molecule has 0 saturated carbocycles. The molecule has 0 spiro atoms. The minimum Gasteiger partial charge on any atom is -0.370 e. The molecule has 0 radical (unpaired) electrons. The molecule has 1 aromatic rings. The summed E-state index contributed by atoms with van der Waals surface area (Å²) in [5, 5.41) is 0. The zero-order chi connectivity index (χ0) is 17.0. The number of halogens is 5. The first-order valence-electron chi connectivity index (χ1n) is 6.71. The second kappa shape index (κ2) is 7.49. The first-order valence-corrected chi connectivity index (χ1v) is 8.43. The lowest BCUT2D eigenvalue weighted by Gasteiger charge is -2.34. The van der Waals surface area contributed by atoms with Crippen LogP contribution in [0, 0.1) is 17.5 Å². The van der Waals surface area contributed by atoms with E-state index in [9.17, 15) is 22.0 Å². The van der Waals surface area contributed by atoms with E-state index in [0.717, 1.165) is 0 Å². The Bertz CT molecular complexity index is 496. The Morgan fingerprint density at radius 3 is 1.73 bits per heavy atom. The van der Waals surface area contributed by atoms with Crippen molar-refractivity contribution < 1.29 is 35.2 Å². The molecule has 0 atom stereocenters. The van der Waals surface area contributed by atoms with Gasteiger partial charge < -0.3 is 13.3 Å². The van der Waals surface area contributed by atoms with E-state index in [1.54, 1.807) is 0 Å². The van der Waals surface area contributed by atoms with Crippen LogP contribution in [0.2, 0.25) is 0 Å². The van der Waals surface area contributed by atoms with Crippen molar-refractivity contribution in [1.29, 1.82) is 0 Å². The molecular weight excluding hydrogens is 327 g/mol. The van der Waals surface area contributed by atoms with Crippen LogP contribution in [0.4, 0.5) is 22.0 Å². The van der Waals surface area contributed by atoms with Crippen molar-refractivity contribution in [2.75, 3.05) is 19.8 Å². The Balaban J connectivity index is 3.46. The molecule has 0 saturated heterocycles. The predicted molar refractivity (Wildman–Crippen MR) is 70.8 cm³/mol. The van der Waals surface area contributed by atoms with Crippen LogP contribution in [0.1, 0.15) is 26.3 Å². The average Bonchev–Trinajstić information content (AvgIpc) is 2.45. The smallest absolute Gasteiger partial charge is 0.370 e. The minimum absolute atomic E-state index is 0.174. The van der Waals surface area contributed by atoms with Gasteiger partial charge in [0.15, 0.2) is 17.5 Å². The summed E-state index contributed by atoms with van der Waals surface area (Å²) in [4.78, 5) is 0. The van der Waals surface area contributed by atoms with Gasteiger partial charge in [-0.15, -0.1) is 0 Å². The lowest BCUT2D eigenvalue weighted by Crippen LogP contribution is -2.59. The quantitative estimate of drug-likeness (QED) is 0.408. The molecule has 0 heterocycles. The SMILES string of the molecule is CCO[Si](OCC)(OCC)C(F)(F)c1ccc(F)c(F)c1F. The highest BCUT2D eigenvalue weighted by Crippen LogP contribution is 2.41. The van der Waals surface area contributed by atoms with E-state index in [-0.39, 0.29) is 19.8 Å². The zero-order valence-electron chi connectivity index (χ0n) is 12.4. The van der Waals surface area contributed by atoms with Crippen LogP contribution in [0.3, 0.4) is 0 Å². The van der Waals surface area contributed by atoms with Gasteiger partial charge in [0.1, 0.15) is 0 Å². The van der Waals surface area contributed by atoms with E-state index in [1.807, 2.05) is 0 Å². The largest absolute Gasteiger partial charge is 0.579 e. The maximum atomic E-state index is 14.8. The molecule has 9 heteroatoms. The third-order valence-corrected chi connectivity index (χ3v) is 5.81. The lowest BCUT2D eigenvalue weighted by molar-refractivity contribution is -0.0566. The average molecular weight is 344 g/mol. The zero-order valence-corrected chi connectivity index (χ0v) is 13.4. The molecule has 0 amide bonds. The predicted octanol–water partition coefficient (Wildman–Crippen LogP) is 3.78. The Kier molecular flexibility index (Phi) is 6.47. The van der Waals surface area contributed by atoms with Gasteiger partial charge in [-0.2, -0.15) is 8.78 Å². The number of rotatable bonds is 8. The summed E-state index contributed by atoms with van der Waals surface area (Å²) in [6.45, 7) is 3.81. The fourth-order valence-corrected chi connectivity index (χ4v) is 4.36. The van der Waals surface area contributed by atoms with Gasteiger partial charge in [-0.3, -0.25) is 0 Å². The van der Waals surface area contributed by atoms with Gasteiger partial charge in [-0.1, -0.05) is 0 Å². The van der Waals surface area contributed by atoms with Crippen molar-refractivity contribution in [3.8, 4) is 0 Å². The normalized spacial score (nSPS) is 12.7. The third-order valence-electron chi connectivity index (χ3n) is 2.76. The molecule has 0 bridgehead atoms. The summed E-state index contributed by atoms with van der Waals surface area (Å²) in [5.74, 6) is -5.53. The highest BCUT2D eigenvalue weighted by Gasteiger charge is 2.66. The summed E-state index contributed by atoms with van der Waals surface area (Å²) < 4.78 is 84.6. The van der Waals surface area contributed by atoms with Crippen LogP contribution in [0.5, 0.6) is 0 Å². The molecule has 3 nitrogen and oxygen atoms in total. The van der Waals surface area contributed by atoms with Crippen molar-refractivity contribution in [3.63, 3.8) is 0 Å². The van der Waals surface area contributed by atoms with Gasteiger partial charge >= 0.3 is 14.4 Å². The summed E-state index contributed by atoms with van der Waals surface area (Å²) in [6.07, 6.45) is 0. The Labute approximate surface area is 126 Å². The third kappa shape index (κ3) is 3.32. The van der Waals surface area contributed by atoms with Crippen molar-refractivity contribution >= 4 is 8.80 Å². The molecule has 0 aliphatic carbocycles. The van der Waals surface area contributed by atoms with Crippen molar-refractivity contribution in [3.05, 3.63) is 35.1 Å². The van der Waals surface area contributed by atoms with Crippen LogP contribution < -0.4 is 0 Å². The first kappa shape index (κ1) is 19.0. The van der Waals surface area contributed by atoms with Gasteiger partial charge in [-0.25, -0.2) is 13.2 Å². The molecule has 0 aliphatic heterocycles. The second-order valence-electron chi connectivity index (χ2n) is 4.15. The van der Waals surface area contributed by atoms with Gasteiger partial charge in [0.05, 0.1) is 5.56 Å². The number of benzene rings is 1. The van der Waals surface area contributed by atoms with Crippen molar-refractivity contribution in [2.24, 2.45) is 0 Å². The maximum absolute atomic E-state index is 14.8. The van der Waals surface area contributed by atoms with E-state index >= 15 is 0 Å². The summed E-state index contributed by atoms with van der Waals surface area (Å²) >= 11 is 0. The fourth-order valence-electron chi connectivity index (χ4n) is 1.90. The minimum atomic E-state index is -4.70. The summed E-state index contributed by atoms with van der Waals surface area (Å²) in [6, 6.07) is 0.886. The molecule has 0 fully saturated rings. The van der Waals surface area contributed by atoms with Gasteiger partial charge in [0, 0.05) is 19.8 Å². The molecule has 1 aromatic carbocycles. The fraction of sp³-hybridized carbons (Fsp3) is 0.538. The van der Waals surface area contributed by atoms with Crippen LogP contribution in [-0.4, -0.2) is 28.6 Å². The van der Waals surface area contributed by atoms with Gasteiger partial charge in [-0.05, 0) is 32.9 Å². The topological polar surface area (TPSA) is 27.7 Å². The van der Waals surface area contributed by atoms with Gasteiger partial charge in [0.25, 0.3) is 0 Å². The van der Waals surface area contributed by atoms with E-state index in [2.05, 4.69) is 0 Å². The molecule has 0 N–H and O–H groups in total. The Hall–Kier alpha value is -1.03. The first-order chi connectivity index (χ1) is 10.3. The van der Waals surface area contributed by atoms with Crippen molar-refractivity contribution in [2.45, 2.75) is 26.3 Å². The molecule has 0 unspecified atom stereocenters. The van der Waals surface area contributed by atoms with E-state index in [4.69, 9.17) is 13.3 Å². The van der Waals surface area contributed by atoms with E-state index in [1.165, 1.54) is 20.8 Å². The van der Waals surface area contributed by atoms with Crippen LogP contribution >= 0.6 is 0 Å². The molecule has 1 rings (SSSR count).